The Labute approximate surface area is 116 Å². The van der Waals surface area contributed by atoms with E-state index >= 15 is 0 Å². The number of rotatable bonds is 3. The molecule has 1 rings (SSSR count). The number of benzene rings is 1. The molecule has 0 saturated carbocycles. The fourth-order valence-electron chi connectivity index (χ4n) is 1.37. The first kappa shape index (κ1) is 15.3. The smallest absolute Gasteiger partial charge is 0.349 e. The third-order valence-electron chi connectivity index (χ3n) is 2.09. The van der Waals surface area contributed by atoms with Gasteiger partial charge in [0.1, 0.15) is 0 Å². The van der Waals surface area contributed by atoms with Gasteiger partial charge in [0.05, 0.1) is 12.0 Å². The summed E-state index contributed by atoms with van der Waals surface area (Å²) in [7, 11) is 0. The Hall–Kier alpha value is -0.750. The third-order valence-corrected chi connectivity index (χ3v) is 3.01. The van der Waals surface area contributed by atoms with Crippen molar-refractivity contribution in [3.8, 4) is 0 Å². The topological polar surface area (TPSA) is 29.1 Å². The molecule has 0 aliphatic carbocycles. The van der Waals surface area contributed by atoms with Crippen LogP contribution in [-0.4, -0.2) is 18.1 Å². The van der Waals surface area contributed by atoms with Crippen LogP contribution in [0.15, 0.2) is 22.7 Å². The number of carbonyl (C=O) groups is 1. The Morgan fingerprint density at radius 3 is 2.67 bits per heavy atom. The lowest BCUT2D eigenvalue weighted by Gasteiger charge is -2.16. The van der Waals surface area contributed by atoms with E-state index in [0.717, 1.165) is 0 Å². The Bertz CT molecular complexity index is 450. The minimum Gasteiger partial charge on any atom is -0.349 e. The van der Waals surface area contributed by atoms with Crippen molar-refractivity contribution in [3.05, 3.63) is 33.3 Å². The van der Waals surface area contributed by atoms with Gasteiger partial charge in [0.25, 0.3) is 5.91 Å². The van der Waals surface area contributed by atoms with E-state index < -0.39 is 24.5 Å². The second-order valence-electron chi connectivity index (χ2n) is 3.82. The number of carbonyl (C=O) groups excluding carboxylic acids is 1. The van der Waals surface area contributed by atoms with Crippen LogP contribution in [0.2, 0.25) is 5.02 Å². The van der Waals surface area contributed by atoms with Crippen LogP contribution in [0, 0.1) is 0 Å². The second kappa shape index (κ2) is 5.93. The van der Waals surface area contributed by atoms with Crippen molar-refractivity contribution < 1.29 is 18.0 Å². The number of halogens is 5. The average molecular weight is 345 g/mol. The monoisotopic (exact) mass is 343 g/mol. The summed E-state index contributed by atoms with van der Waals surface area (Å²) in [4.78, 5) is 11.7. The molecular formula is C11H10BrClF3NO. The van der Waals surface area contributed by atoms with E-state index in [-0.39, 0.29) is 5.56 Å². The highest BCUT2D eigenvalue weighted by atomic mass is 79.9. The molecule has 0 aliphatic rings. The Kier molecular flexibility index (Phi) is 5.04. The third kappa shape index (κ3) is 4.86. The van der Waals surface area contributed by atoms with E-state index in [1.807, 2.05) is 0 Å². The molecule has 1 N–H and O–H groups in total. The molecule has 2 nitrogen and oxygen atoms in total. The first-order valence-electron chi connectivity index (χ1n) is 5.01. The van der Waals surface area contributed by atoms with Gasteiger partial charge in [-0.25, -0.2) is 0 Å². The number of hydrogen-bond donors (Lipinski definition) is 1. The van der Waals surface area contributed by atoms with Crippen LogP contribution in [-0.2, 0) is 0 Å². The summed E-state index contributed by atoms with van der Waals surface area (Å²) >= 11 is 8.86. The van der Waals surface area contributed by atoms with Crippen molar-refractivity contribution in [1.82, 2.24) is 5.32 Å². The molecular weight excluding hydrogens is 334 g/mol. The predicted octanol–water partition coefficient (Wildman–Crippen LogP) is 4.17. The fraction of sp³-hybridized carbons (Fsp3) is 0.364. The van der Waals surface area contributed by atoms with E-state index in [1.54, 1.807) is 12.1 Å². The van der Waals surface area contributed by atoms with Gasteiger partial charge in [0.2, 0.25) is 0 Å². The van der Waals surface area contributed by atoms with Gasteiger partial charge < -0.3 is 5.32 Å². The largest absolute Gasteiger partial charge is 0.391 e. The summed E-state index contributed by atoms with van der Waals surface area (Å²) in [6, 6.07) is 3.53. The first-order chi connectivity index (χ1) is 8.19. The summed E-state index contributed by atoms with van der Waals surface area (Å²) < 4.78 is 36.8. The van der Waals surface area contributed by atoms with Gasteiger partial charge in [-0.2, -0.15) is 13.2 Å². The van der Waals surface area contributed by atoms with Gasteiger partial charge in [-0.05, 0) is 41.1 Å². The molecule has 100 valence electrons. The number of nitrogens with one attached hydrogen (secondary N) is 1. The van der Waals surface area contributed by atoms with E-state index in [9.17, 15) is 18.0 Å². The number of hydrogen-bond acceptors (Lipinski definition) is 1. The molecule has 1 aromatic carbocycles. The molecule has 1 aromatic rings. The molecule has 0 heterocycles. The standard InChI is InChI=1S/C11H10BrClF3NO/c1-6(5-11(14,15)16)17-10(18)8-4-7(13)2-3-9(8)12/h2-4,6H,5H2,1H3,(H,17,18). The lowest BCUT2D eigenvalue weighted by molar-refractivity contribution is -0.138. The van der Waals surface area contributed by atoms with Crippen molar-refractivity contribution in [2.24, 2.45) is 0 Å². The average Bonchev–Trinajstić information content (AvgIpc) is 2.18. The van der Waals surface area contributed by atoms with Crippen LogP contribution >= 0.6 is 27.5 Å². The van der Waals surface area contributed by atoms with E-state index in [4.69, 9.17) is 11.6 Å². The molecule has 7 heteroatoms. The van der Waals surface area contributed by atoms with Crippen LogP contribution in [0.5, 0.6) is 0 Å². The molecule has 0 aromatic heterocycles. The highest BCUT2D eigenvalue weighted by Crippen LogP contribution is 2.23. The molecule has 0 fully saturated rings. The molecule has 0 radical (unpaired) electrons. The minimum absolute atomic E-state index is 0.205. The first-order valence-corrected chi connectivity index (χ1v) is 6.19. The second-order valence-corrected chi connectivity index (χ2v) is 5.11. The summed E-state index contributed by atoms with van der Waals surface area (Å²) in [6.45, 7) is 1.30. The van der Waals surface area contributed by atoms with Crippen LogP contribution in [0.25, 0.3) is 0 Å². The Morgan fingerprint density at radius 2 is 2.11 bits per heavy atom. The maximum Gasteiger partial charge on any atom is 0.391 e. The van der Waals surface area contributed by atoms with E-state index in [0.29, 0.717) is 9.50 Å². The highest BCUT2D eigenvalue weighted by Gasteiger charge is 2.30. The quantitative estimate of drug-likeness (QED) is 0.876. The van der Waals surface area contributed by atoms with Gasteiger partial charge >= 0.3 is 6.18 Å². The molecule has 1 atom stereocenters. The molecule has 1 unspecified atom stereocenters. The lowest BCUT2D eigenvalue weighted by atomic mass is 10.1. The number of amides is 1. The minimum atomic E-state index is -4.31. The Morgan fingerprint density at radius 1 is 1.50 bits per heavy atom. The molecule has 0 bridgehead atoms. The SMILES string of the molecule is CC(CC(F)(F)F)NC(=O)c1cc(Cl)ccc1Br. The van der Waals surface area contributed by atoms with Crippen molar-refractivity contribution in [2.45, 2.75) is 25.6 Å². The summed E-state index contributed by atoms with van der Waals surface area (Å²) in [6.07, 6.45) is -5.38. The van der Waals surface area contributed by atoms with Gasteiger partial charge in [0.15, 0.2) is 0 Å². The van der Waals surface area contributed by atoms with Crippen LogP contribution in [0.1, 0.15) is 23.7 Å². The molecule has 0 aliphatic heterocycles. The predicted molar refractivity (Wildman–Crippen MR) is 66.8 cm³/mol. The van der Waals surface area contributed by atoms with Crippen molar-refractivity contribution in [3.63, 3.8) is 0 Å². The maximum absolute atomic E-state index is 12.1. The van der Waals surface area contributed by atoms with Crippen LogP contribution in [0.3, 0.4) is 0 Å². The molecule has 1 amide bonds. The van der Waals surface area contributed by atoms with Gasteiger partial charge in [-0.1, -0.05) is 11.6 Å². The van der Waals surface area contributed by atoms with E-state index in [1.165, 1.54) is 13.0 Å². The zero-order valence-corrected chi connectivity index (χ0v) is 11.7. The van der Waals surface area contributed by atoms with Crippen molar-refractivity contribution >= 4 is 33.4 Å². The normalized spacial score (nSPS) is 13.2. The van der Waals surface area contributed by atoms with Crippen molar-refractivity contribution in [2.75, 3.05) is 0 Å². The van der Waals surface area contributed by atoms with E-state index in [2.05, 4.69) is 21.2 Å². The van der Waals surface area contributed by atoms with Gasteiger partial charge in [0, 0.05) is 15.5 Å². The maximum atomic E-state index is 12.1. The zero-order valence-electron chi connectivity index (χ0n) is 9.31. The highest BCUT2D eigenvalue weighted by molar-refractivity contribution is 9.10. The summed E-state index contributed by atoms with van der Waals surface area (Å²) in [5, 5.41) is 2.61. The Balaban J connectivity index is 2.74. The lowest BCUT2D eigenvalue weighted by Crippen LogP contribution is -2.36. The molecule has 0 spiro atoms. The number of alkyl halides is 3. The van der Waals surface area contributed by atoms with Crippen LogP contribution < -0.4 is 5.32 Å². The molecule has 18 heavy (non-hydrogen) atoms. The van der Waals surface area contributed by atoms with Gasteiger partial charge in [-0.15, -0.1) is 0 Å². The summed E-state index contributed by atoms with van der Waals surface area (Å²) in [5.41, 5.74) is 0.205. The van der Waals surface area contributed by atoms with Crippen molar-refractivity contribution in [1.29, 1.82) is 0 Å². The zero-order chi connectivity index (χ0) is 13.9. The van der Waals surface area contributed by atoms with Crippen LogP contribution in [0.4, 0.5) is 13.2 Å². The summed E-state index contributed by atoms with van der Waals surface area (Å²) in [5.74, 6) is -0.596. The fourth-order valence-corrected chi connectivity index (χ4v) is 1.97. The molecule has 0 saturated heterocycles. The van der Waals surface area contributed by atoms with Gasteiger partial charge in [-0.3, -0.25) is 4.79 Å².